The number of sulfonamides is 1. The third-order valence-electron chi connectivity index (χ3n) is 4.17. The lowest BCUT2D eigenvalue weighted by molar-refractivity contribution is 0.599. The molecule has 0 bridgehead atoms. The lowest BCUT2D eigenvalue weighted by Gasteiger charge is -2.11. The van der Waals surface area contributed by atoms with Gasteiger partial charge >= 0.3 is 0 Å². The van der Waals surface area contributed by atoms with Crippen LogP contribution in [0, 0.1) is 13.8 Å². The molecule has 0 aliphatic heterocycles. The lowest BCUT2D eigenvalue weighted by Crippen LogP contribution is -2.19. The van der Waals surface area contributed by atoms with Crippen LogP contribution in [0.15, 0.2) is 36.4 Å². The molecule has 0 amide bonds. The number of hydrogen-bond acceptors (Lipinski definition) is 4. The van der Waals surface area contributed by atoms with E-state index in [9.17, 15) is 8.42 Å². The zero-order valence-electron chi connectivity index (χ0n) is 13.5. The first-order chi connectivity index (χ1) is 11.4. The first-order valence-electron chi connectivity index (χ1n) is 7.89. The predicted molar refractivity (Wildman–Crippen MR) is 93.9 cm³/mol. The fraction of sp³-hybridized carbons (Fsp3) is 0.294. The Morgan fingerprint density at radius 1 is 1.17 bits per heavy atom. The first-order valence-corrected chi connectivity index (χ1v) is 9.44. The van der Waals surface area contributed by atoms with Crippen LogP contribution in [0.5, 0.6) is 0 Å². The molecule has 4 rings (SSSR count). The van der Waals surface area contributed by atoms with Gasteiger partial charge in [0.25, 0.3) is 0 Å². The van der Waals surface area contributed by atoms with E-state index < -0.39 is 10.0 Å². The number of nitrogens with one attached hydrogen (secondary N) is 1. The van der Waals surface area contributed by atoms with Crippen molar-refractivity contribution < 1.29 is 8.42 Å². The normalized spacial score (nSPS) is 14.9. The molecule has 3 aromatic rings. The minimum atomic E-state index is -3.35. The average Bonchev–Trinajstić information content (AvgIpc) is 3.32. The summed E-state index contributed by atoms with van der Waals surface area (Å²) in [4.78, 5) is 4.64. The Kier molecular flexibility index (Phi) is 3.35. The standard InChI is InChI=1S/C17H18N4O2S/c1-11-9-16(18-15-6-4-3-5-14(11)15)21-17(10-12(2)19-21)20-24(22,23)13-7-8-13/h3-6,9-10,13,20H,7-8H2,1-2H3. The van der Waals surface area contributed by atoms with Crippen LogP contribution in [-0.2, 0) is 10.0 Å². The molecule has 0 unspecified atom stereocenters. The van der Waals surface area contributed by atoms with Crippen molar-refractivity contribution in [3.63, 3.8) is 0 Å². The molecule has 1 aromatic carbocycles. The Morgan fingerprint density at radius 3 is 2.67 bits per heavy atom. The highest BCUT2D eigenvalue weighted by molar-refractivity contribution is 7.93. The van der Waals surface area contributed by atoms with Crippen LogP contribution >= 0.6 is 0 Å². The molecule has 124 valence electrons. The van der Waals surface area contributed by atoms with E-state index in [2.05, 4.69) is 14.8 Å². The number of nitrogens with zero attached hydrogens (tertiary/aromatic N) is 3. The first kappa shape index (κ1) is 15.1. The van der Waals surface area contributed by atoms with Crippen LogP contribution in [0.2, 0.25) is 0 Å². The number of fused-ring (bicyclic) bond motifs is 1. The third kappa shape index (κ3) is 2.65. The zero-order chi connectivity index (χ0) is 16.9. The van der Waals surface area contributed by atoms with Gasteiger partial charge in [0.15, 0.2) is 5.82 Å². The van der Waals surface area contributed by atoms with Crippen molar-refractivity contribution in [3.8, 4) is 5.82 Å². The van der Waals surface area contributed by atoms with E-state index in [1.165, 1.54) is 0 Å². The van der Waals surface area contributed by atoms with Gasteiger partial charge < -0.3 is 0 Å². The van der Waals surface area contributed by atoms with Gasteiger partial charge in [0.2, 0.25) is 10.0 Å². The van der Waals surface area contributed by atoms with Crippen LogP contribution in [0.1, 0.15) is 24.1 Å². The van der Waals surface area contributed by atoms with E-state index in [1.807, 2.05) is 44.2 Å². The number of aromatic nitrogens is 3. The van der Waals surface area contributed by atoms with Gasteiger partial charge in [-0.1, -0.05) is 18.2 Å². The van der Waals surface area contributed by atoms with Crippen LogP contribution in [0.25, 0.3) is 16.7 Å². The maximum absolute atomic E-state index is 12.3. The molecule has 6 nitrogen and oxygen atoms in total. The number of anilines is 1. The van der Waals surface area contributed by atoms with Gasteiger partial charge in [0.05, 0.1) is 16.5 Å². The average molecular weight is 342 g/mol. The monoisotopic (exact) mass is 342 g/mol. The summed E-state index contributed by atoms with van der Waals surface area (Å²) in [6, 6.07) is 11.5. The Balaban J connectivity index is 1.82. The highest BCUT2D eigenvalue weighted by atomic mass is 32.2. The van der Waals surface area contributed by atoms with Crippen molar-refractivity contribution in [1.29, 1.82) is 0 Å². The molecular weight excluding hydrogens is 324 g/mol. The quantitative estimate of drug-likeness (QED) is 0.791. The summed E-state index contributed by atoms with van der Waals surface area (Å²) in [5.41, 5.74) is 2.66. The second-order valence-electron chi connectivity index (χ2n) is 6.24. The van der Waals surface area contributed by atoms with Gasteiger partial charge in [0.1, 0.15) is 5.82 Å². The number of aryl methyl sites for hydroxylation is 2. The summed E-state index contributed by atoms with van der Waals surface area (Å²) in [6.45, 7) is 3.84. The Labute approximate surface area is 140 Å². The number of benzene rings is 1. The second-order valence-corrected chi connectivity index (χ2v) is 8.20. The number of rotatable bonds is 4. The molecule has 1 aliphatic rings. The van der Waals surface area contributed by atoms with Crippen molar-refractivity contribution in [2.24, 2.45) is 0 Å². The summed E-state index contributed by atoms with van der Waals surface area (Å²) >= 11 is 0. The predicted octanol–water partition coefficient (Wildman–Crippen LogP) is 2.94. The molecule has 0 atom stereocenters. The minimum absolute atomic E-state index is 0.285. The second kappa shape index (κ2) is 5.31. The molecule has 2 heterocycles. The molecule has 2 aromatic heterocycles. The number of pyridine rings is 1. The fourth-order valence-corrected chi connectivity index (χ4v) is 4.15. The Morgan fingerprint density at radius 2 is 1.92 bits per heavy atom. The van der Waals surface area contributed by atoms with E-state index in [-0.39, 0.29) is 5.25 Å². The maximum atomic E-state index is 12.3. The largest absolute Gasteiger partial charge is 0.267 e. The van der Waals surface area contributed by atoms with Crippen molar-refractivity contribution >= 4 is 26.7 Å². The summed E-state index contributed by atoms with van der Waals surface area (Å²) in [7, 11) is -3.35. The smallest absolute Gasteiger partial charge is 0.236 e. The molecule has 24 heavy (non-hydrogen) atoms. The van der Waals surface area contributed by atoms with E-state index in [0.29, 0.717) is 11.6 Å². The van der Waals surface area contributed by atoms with Crippen LogP contribution in [-0.4, -0.2) is 28.4 Å². The summed E-state index contributed by atoms with van der Waals surface area (Å²) in [5, 5.41) is 5.21. The molecular formula is C17H18N4O2S. The Bertz CT molecular complexity index is 1040. The van der Waals surface area contributed by atoms with Crippen molar-refractivity contribution in [1.82, 2.24) is 14.8 Å². The van der Waals surface area contributed by atoms with E-state index in [0.717, 1.165) is 35.0 Å². The number of hydrogen-bond donors (Lipinski definition) is 1. The third-order valence-corrected chi connectivity index (χ3v) is 6.01. The minimum Gasteiger partial charge on any atom is -0.267 e. The zero-order valence-corrected chi connectivity index (χ0v) is 14.3. The molecule has 1 aliphatic carbocycles. The summed E-state index contributed by atoms with van der Waals surface area (Å²) < 4.78 is 28.8. The van der Waals surface area contributed by atoms with Crippen molar-refractivity contribution in [3.05, 3.63) is 47.7 Å². The topological polar surface area (TPSA) is 76.9 Å². The van der Waals surface area contributed by atoms with Crippen LogP contribution in [0.3, 0.4) is 0 Å². The summed E-state index contributed by atoms with van der Waals surface area (Å²) in [6.07, 6.45) is 1.44. The van der Waals surface area contributed by atoms with Crippen LogP contribution in [0.4, 0.5) is 5.82 Å². The highest BCUT2D eigenvalue weighted by Gasteiger charge is 2.36. The van der Waals surface area contributed by atoms with Gasteiger partial charge in [-0.2, -0.15) is 9.78 Å². The molecule has 0 spiro atoms. The van der Waals surface area contributed by atoms with E-state index >= 15 is 0 Å². The SMILES string of the molecule is Cc1cc(NS(=O)(=O)C2CC2)n(-c2cc(C)c3ccccc3n2)n1. The van der Waals surface area contributed by atoms with Gasteiger partial charge in [-0.05, 0) is 44.4 Å². The van der Waals surface area contributed by atoms with Crippen molar-refractivity contribution in [2.75, 3.05) is 4.72 Å². The maximum Gasteiger partial charge on any atom is 0.236 e. The molecule has 7 heteroatoms. The van der Waals surface area contributed by atoms with Crippen LogP contribution < -0.4 is 4.72 Å². The van der Waals surface area contributed by atoms with Gasteiger partial charge in [-0.15, -0.1) is 0 Å². The lowest BCUT2D eigenvalue weighted by atomic mass is 10.1. The van der Waals surface area contributed by atoms with Gasteiger partial charge in [-0.3, -0.25) is 4.72 Å². The van der Waals surface area contributed by atoms with E-state index in [4.69, 9.17) is 0 Å². The van der Waals surface area contributed by atoms with Crippen molar-refractivity contribution in [2.45, 2.75) is 31.9 Å². The highest BCUT2D eigenvalue weighted by Crippen LogP contribution is 2.30. The molecule has 0 saturated heterocycles. The molecule has 1 saturated carbocycles. The summed E-state index contributed by atoms with van der Waals surface area (Å²) in [5.74, 6) is 1.04. The van der Waals surface area contributed by atoms with E-state index in [1.54, 1.807) is 10.7 Å². The Hall–Kier alpha value is -2.41. The molecule has 1 fully saturated rings. The molecule has 1 N–H and O–H groups in total. The van der Waals surface area contributed by atoms with Gasteiger partial charge in [0, 0.05) is 11.5 Å². The fourth-order valence-electron chi connectivity index (χ4n) is 2.79. The molecule has 0 radical (unpaired) electrons. The number of para-hydroxylation sites is 1. The van der Waals surface area contributed by atoms with Gasteiger partial charge in [-0.25, -0.2) is 13.4 Å².